The lowest BCUT2D eigenvalue weighted by atomic mass is 10.0. The number of nitrogens with zero attached hydrogens (tertiary/aromatic N) is 4. The maximum absolute atomic E-state index is 12.8. The van der Waals surface area contributed by atoms with Crippen LogP contribution in [0, 0.1) is 0 Å². The zero-order chi connectivity index (χ0) is 23.4. The van der Waals surface area contributed by atoms with Crippen LogP contribution in [0.15, 0.2) is 67.4 Å². The summed E-state index contributed by atoms with van der Waals surface area (Å²) in [6.07, 6.45) is 2.20. The molecule has 4 aromatic rings. The Morgan fingerprint density at radius 2 is 1.88 bits per heavy atom. The Balaban J connectivity index is 1.40. The first-order chi connectivity index (χ1) is 15.8. The number of carbonyl (C=O) groups is 1. The van der Waals surface area contributed by atoms with Crippen molar-refractivity contribution in [2.45, 2.75) is 25.4 Å². The van der Waals surface area contributed by atoms with Crippen molar-refractivity contribution in [3.05, 3.63) is 83.5 Å². The lowest BCUT2D eigenvalue weighted by molar-refractivity contribution is -0.137. The second-order valence-electron chi connectivity index (χ2n) is 7.33. The number of rotatable bonds is 7. The van der Waals surface area contributed by atoms with Crippen LogP contribution >= 0.6 is 11.3 Å². The molecule has 0 aliphatic heterocycles. The average molecular weight is 469 g/mol. The third kappa shape index (κ3) is 5.58. The molecule has 0 saturated heterocycles. The maximum Gasteiger partial charge on any atom is 0.416 e. The third-order valence-corrected chi connectivity index (χ3v) is 6.02. The number of aromatic nitrogens is 4. The summed E-state index contributed by atoms with van der Waals surface area (Å²) in [5, 5.41) is 3.53. The smallest absolute Gasteiger partial charge is 0.332 e. The molecule has 0 saturated carbocycles. The van der Waals surface area contributed by atoms with Crippen LogP contribution in [0.3, 0.4) is 0 Å². The fraction of sp³-hybridized carbons (Fsp3) is 0.174. The van der Waals surface area contributed by atoms with Crippen LogP contribution in [0.5, 0.6) is 0 Å². The van der Waals surface area contributed by atoms with Gasteiger partial charge in [0, 0.05) is 41.1 Å². The van der Waals surface area contributed by atoms with Crippen LogP contribution in [0.2, 0.25) is 0 Å². The van der Waals surface area contributed by atoms with E-state index < -0.39 is 11.7 Å². The number of ketones is 1. The van der Waals surface area contributed by atoms with Gasteiger partial charge in [0.2, 0.25) is 0 Å². The highest BCUT2D eigenvalue weighted by molar-refractivity contribution is 7.15. The molecular weight excluding hydrogens is 451 g/mol. The SMILES string of the molecule is CC(CC(=O)c1cc(-c2cccnc2)ncn1)c1cnc(Nc2ccc(C(F)(F)F)cc2)s1. The van der Waals surface area contributed by atoms with Crippen LogP contribution in [0.4, 0.5) is 24.0 Å². The average Bonchev–Trinajstić information content (AvgIpc) is 3.28. The van der Waals surface area contributed by atoms with Gasteiger partial charge < -0.3 is 5.32 Å². The van der Waals surface area contributed by atoms with E-state index in [1.807, 2.05) is 13.0 Å². The molecule has 1 aromatic carbocycles. The zero-order valence-corrected chi connectivity index (χ0v) is 18.2. The minimum atomic E-state index is -4.38. The molecule has 1 atom stereocenters. The van der Waals surface area contributed by atoms with Gasteiger partial charge in [-0.2, -0.15) is 13.2 Å². The summed E-state index contributed by atoms with van der Waals surface area (Å²) in [6, 6.07) is 10.0. The largest absolute Gasteiger partial charge is 0.416 e. The van der Waals surface area contributed by atoms with Gasteiger partial charge in [0.1, 0.15) is 12.0 Å². The molecule has 10 heteroatoms. The number of pyridine rings is 1. The first-order valence-electron chi connectivity index (χ1n) is 9.95. The highest BCUT2D eigenvalue weighted by Gasteiger charge is 2.30. The van der Waals surface area contributed by atoms with E-state index in [2.05, 4.69) is 25.3 Å². The summed E-state index contributed by atoms with van der Waals surface area (Å²) in [7, 11) is 0. The number of thiazole rings is 1. The molecular formula is C23H18F3N5OS. The molecule has 0 fully saturated rings. The molecule has 3 heterocycles. The second-order valence-corrected chi connectivity index (χ2v) is 8.39. The molecule has 3 aromatic heterocycles. The lowest BCUT2D eigenvalue weighted by Gasteiger charge is -2.09. The van der Waals surface area contributed by atoms with Crippen molar-refractivity contribution < 1.29 is 18.0 Å². The van der Waals surface area contributed by atoms with E-state index in [4.69, 9.17) is 0 Å². The summed E-state index contributed by atoms with van der Waals surface area (Å²) in [6.45, 7) is 1.91. The Morgan fingerprint density at radius 3 is 2.58 bits per heavy atom. The molecule has 1 unspecified atom stereocenters. The van der Waals surface area contributed by atoms with Crippen molar-refractivity contribution in [3.8, 4) is 11.3 Å². The highest BCUT2D eigenvalue weighted by atomic mass is 32.1. The molecule has 0 spiro atoms. The van der Waals surface area contributed by atoms with E-state index in [-0.39, 0.29) is 18.1 Å². The van der Waals surface area contributed by atoms with Gasteiger partial charge in [-0.3, -0.25) is 9.78 Å². The summed E-state index contributed by atoms with van der Waals surface area (Å²) in [5.41, 5.74) is 1.52. The zero-order valence-electron chi connectivity index (χ0n) is 17.4. The van der Waals surface area contributed by atoms with E-state index in [0.29, 0.717) is 22.2 Å². The third-order valence-electron chi connectivity index (χ3n) is 4.87. The van der Waals surface area contributed by atoms with Gasteiger partial charge in [0.05, 0.1) is 11.3 Å². The van der Waals surface area contributed by atoms with Gasteiger partial charge in [-0.05, 0) is 48.4 Å². The minimum Gasteiger partial charge on any atom is -0.332 e. The van der Waals surface area contributed by atoms with Crippen molar-refractivity contribution in [2.24, 2.45) is 0 Å². The summed E-state index contributed by atoms with van der Waals surface area (Å²) < 4.78 is 38.1. The van der Waals surface area contributed by atoms with E-state index in [9.17, 15) is 18.0 Å². The molecule has 6 nitrogen and oxygen atoms in total. The number of carbonyl (C=O) groups excluding carboxylic acids is 1. The number of halogens is 3. The predicted octanol–water partition coefficient (Wildman–Crippen LogP) is 6.13. The van der Waals surface area contributed by atoms with E-state index >= 15 is 0 Å². The summed E-state index contributed by atoms with van der Waals surface area (Å²) in [5.74, 6) is -0.240. The Hall–Kier alpha value is -3.66. The molecule has 0 amide bonds. The van der Waals surface area contributed by atoms with Gasteiger partial charge in [-0.1, -0.05) is 6.92 Å². The first-order valence-corrected chi connectivity index (χ1v) is 10.8. The van der Waals surface area contributed by atoms with Gasteiger partial charge in [0.15, 0.2) is 10.9 Å². The summed E-state index contributed by atoms with van der Waals surface area (Å²) in [4.78, 5) is 30.3. The van der Waals surface area contributed by atoms with E-state index in [1.54, 1.807) is 30.7 Å². The Bertz CT molecular complexity index is 1240. The monoisotopic (exact) mass is 469 g/mol. The Morgan fingerprint density at radius 1 is 1.09 bits per heavy atom. The number of anilines is 2. The predicted molar refractivity (Wildman–Crippen MR) is 119 cm³/mol. The van der Waals surface area contributed by atoms with E-state index in [1.165, 1.54) is 29.8 Å². The van der Waals surface area contributed by atoms with Crippen molar-refractivity contribution in [2.75, 3.05) is 5.32 Å². The number of hydrogen-bond donors (Lipinski definition) is 1. The van der Waals surface area contributed by atoms with Gasteiger partial charge in [-0.15, -0.1) is 11.3 Å². The molecule has 168 valence electrons. The van der Waals surface area contributed by atoms with Crippen molar-refractivity contribution in [3.63, 3.8) is 0 Å². The lowest BCUT2D eigenvalue weighted by Crippen LogP contribution is -2.07. The highest BCUT2D eigenvalue weighted by Crippen LogP contribution is 2.33. The van der Waals surface area contributed by atoms with Crippen LogP contribution in [0.1, 0.15) is 40.2 Å². The van der Waals surface area contributed by atoms with Crippen molar-refractivity contribution in [1.82, 2.24) is 19.9 Å². The second kappa shape index (κ2) is 9.45. The van der Waals surface area contributed by atoms with Gasteiger partial charge in [-0.25, -0.2) is 15.0 Å². The van der Waals surface area contributed by atoms with Gasteiger partial charge in [0.25, 0.3) is 0 Å². The van der Waals surface area contributed by atoms with Crippen LogP contribution in [0.25, 0.3) is 11.3 Å². The van der Waals surface area contributed by atoms with Crippen molar-refractivity contribution >= 4 is 27.9 Å². The molecule has 1 N–H and O–H groups in total. The van der Waals surface area contributed by atoms with Crippen LogP contribution in [-0.4, -0.2) is 25.7 Å². The molecule has 33 heavy (non-hydrogen) atoms. The number of benzene rings is 1. The number of alkyl halides is 3. The Kier molecular flexibility index (Phi) is 6.45. The first kappa shape index (κ1) is 22.5. The number of nitrogens with one attached hydrogen (secondary N) is 1. The van der Waals surface area contributed by atoms with Crippen LogP contribution in [-0.2, 0) is 6.18 Å². The van der Waals surface area contributed by atoms with E-state index in [0.717, 1.165) is 22.6 Å². The maximum atomic E-state index is 12.8. The van der Waals surface area contributed by atoms with Gasteiger partial charge >= 0.3 is 6.18 Å². The Labute approximate surface area is 191 Å². The molecule has 0 aliphatic rings. The number of hydrogen-bond acceptors (Lipinski definition) is 7. The minimum absolute atomic E-state index is 0.116. The molecule has 0 bridgehead atoms. The fourth-order valence-corrected chi connectivity index (χ4v) is 3.99. The normalized spacial score (nSPS) is 12.4. The topological polar surface area (TPSA) is 80.7 Å². The molecule has 4 rings (SSSR count). The van der Waals surface area contributed by atoms with Crippen molar-refractivity contribution in [1.29, 1.82) is 0 Å². The summed E-state index contributed by atoms with van der Waals surface area (Å²) >= 11 is 1.35. The fourth-order valence-electron chi connectivity index (χ4n) is 3.10. The standard InChI is InChI=1S/C23H18F3N5OS/c1-14(9-20(32)19-10-18(29-13-30-19)15-3-2-8-27-11-15)21-12-28-22(33-21)31-17-6-4-16(5-7-17)23(24,25)26/h2-8,10-14H,9H2,1H3,(H,28,31). The van der Waals surface area contributed by atoms with Crippen LogP contribution < -0.4 is 5.32 Å². The molecule has 0 radical (unpaired) electrons. The number of Topliss-reactive ketones (excluding diaryl/α,β-unsaturated/α-hetero) is 1. The molecule has 0 aliphatic carbocycles. The quantitative estimate of drug-likeness (QED) is 0.328.